The van der Waals surface area contributed by atoms with E-state index in [2.05, 4.69) is 19.1 Å². The van der Waals surface area contributed by atoms with Crippen LogP contribution >= 0.6 is 0 Å². The van der Waals surface area contributed by atoms with Crippen LogP contribution in [0.25, 0.3) is 0 Å². The Hall–Kier alpha value is -1.88. The van der Waals surface area contributed by atoms with Crippen molar-refractivity contribution in [1.29, 1.82) is 0 Å². The first-order valence-electron chi connectivity index (χ1n) is 7.55. The molecule has 0 spiro atoms. The van der Waals surface area contributed by atoms with Gasteiger partial charge in [0.1, 0.15) is 0 Å². The molecule has 22 heavy (non-hydrogen) atoms. The smallest absolute Gasteiger partial charge is 0.245 e. The van der Waals surface area contributed by atoms with E-state index < -0.39 is 0 Å². The Morgan fingerprint density at radius 3 is 2.27 bits per heavy atom. The third-order valence-electron chi connectivity index (χ3n) is 3.75. The minimum Gasteiger partial charge on any atom is -0.345 e. The van der Waals surface area contributed by atoms with Gasteiger partial charge in [-0.2, -0.15) is 0 Å². The molecule has 0 aliphatic carbocycles. The topological polar surface area (TPSA) is 49.9 Å². The van der Waals surface area contributed by atoms with Crippen LogP contribution in [-0.2, 0) is 14.4 Å². The number of benzene rings is 1. The molecule has 0 radical (unpaired) electrons. The molecule has 0 bridgehead atoms. The average molecular weight is 306 g/mol. The van der Waals surface area contributed by atoms with Crippen molar-refractivity contribution >= 4 is 11.8 Å². The van der Waals surface area contributed by atoms with Crippen LogP contribution in [0.1, 0.15) is 37.7 Å². The fourth-order valence-corrected chi connectivity index (χ4v) is 2.24. The van der Waals surface area contributed by atoms with Crippen LogP contribution in [0.5, 0.6) is 0 Å². The average Bonchev–Trinajstić information content (AvgIpc) is 2.54. The molecule has 0 aliphatic rings. The maximum atomic E-state index is 12.1. The first kappa shape index (κ1) is 18.2. The molecule has 0 heterocycles. The third kappa shape index (κ3) is 5.85. The van der Waals surface area contributed by atoms with E-state index >= 15 is 0 Å². The number of amides is 2. The normalized spacial score (nSPS) is 11.8. The third-order valence-corrected chi connectivity index (χ3v) is 3.75. The fraction of sp³-hybridized carbons (Fsp3) is 0.529. The standard InChI is InChI=1S/C17H26N2O3/c1-14(15-9-6-5-7-10-15)13-18(2)16(20)11-8-12-17(21)19(3)22-4/h5-7,9-10,14H,8,11-13H2,1-4H3. The molecule has 1 unspecified atom stereocenters. The van der Waals surface area contributed by atoms with Crippen LogP contribution in [-0.4, -0.2) is 49.5 Å². The van der Waals surface area contributed by atoms with Gasteiger partial charge in [0.05, 0.1) is 7.11 Å². The number of nitrogens with zero attached hydrogens (tertiary/aromatic N) is 2. The van der Waals surface area contributed by atoms with Gasteiger partial charge in [-0.1, -0.05) is 37.3 Å². The molecule has 0 N–H and O–H groups in total. The molecule has 5 nitrogen and oxygen atoms in total. The Labute approximate surface area is 132 Å². The van der Waals surface area contributed by atoms with Crippen molar-refractivity contribution in [2.75, 3.05) is 27.7 Å². The lowest BCUT2D eigenvalue weighted by Crippen LogP contribution is -2.30. The molecule has 1 aromatic rings. The summed E-state index contributed by atoms with van der Waals surface area (Å²) >= 11 is 0. The Morgan fingerprint density at radius 2 is 1.68 bits per heavy atom. The van der Waals surface area contributed by atoms with E-state index in [4.69, 9.17) is 4.84 Å². The molecule has 0 saturated carbocycles. The maximum absolute atomic E-state index is 12.1. The number of hydroxylamine groups is 2. The van der Waals surface area contributed by atoms with Crippen molar-refractivity contribution in [3.8, 4) is 0 Å². The molecular weight excluding hydrogens is 280 g/mol. The number of hydrogen-bond acceptors (Lipinski definition) is 3. The van der Waals surface area contributed by atoms with Crippen molar-refractivity contribution < 1.29 is 14.4 Å². The molecule has 1 aromatic carbocycles. The van der Waals surface area contributed by atoms with Crippen LogP contribution in [0.15, 0.2) is 30.3 Å². The predicted octanol–water partition coefficient (Wildman–Crippen LogP) is 2.44. The Kier molecular flexibility index (Phi) is 7.60. The molecule has 2 amide bonds. The van der Waals surface area contributed by atoms with E-state index in [0.717, 1.165) is 0 Å². The zero-order chi connectivity index (χ0) is 16.5. The number of rotatable bonds is 8. The van der Waals surface area contributed by atoms with Gasteiger partial charge in [-0.25, -0.2) is 5.06 Å². The number of carbonyl (C=O) groups excluding carboxylic acids is 2. The summed E-state index contributed by atoms with van der Waals surface area (Å²) in [4.78, 5) is 30.2. The number of hydrogen-bond donors (Lipinski definition) is 0. The van der Waals surface area contributed by atoms with Gasteiger partial charge in [0, 0.05) is 33.5 Å². The molecule has 1 atom stereocenters. The first-order chi connectivity index (χ1) is 10.5. The maximum Gasteiger partial charge on any atom is 0.245 e. The van der Waals surface area contributed by atoms with Crippen LogP contribution in [0, 0.1) is 0 Å². The molecule has 0 fully saturated rings. The highest BCUT2D eigenvalue weighted by atomic mass is 16.7. The van der Waals surface area contributed by atoms with Crippen LogP contribution in [0.4, 0.5) is 0 Å². The van der Waals surface area contributed by atoms with Crippen LogP contribution in [0.2, 0.25) is 0 Å². The van der Waals surface area contributed by atoms with Crippen molar-refractivity contribution in [2.45, 2.75) is 32.1 Å². The second kappa shape index (κ2) is 9.20. The van der Waals surface area contributed by atoms with Gasteiger partial charge in [-0.3, -0.25) is 14.4 Å². The summed E-state index contributed by atoms with van der Waals surface area (Å²) in [5.41, 5.74) is 1.22. The van der Waals surface area contributed by atoms with Gasteiger partial charge in [0.2, 0.25) is 11.8 Å². The quantitative estimate of drug-likeness (QED) is 0.693. The van der Waals surface area contributed by atoms with Crippen molar-refractivity contribution in [3.05, 3.63) is 35.9 Å². The Balaban J connectivity index is 2.35. The lowest BCUT2D eigenvalue weighted by atomic mass is 10.0. The van der Waals surface area contributed by atoms with Crippen molar-refractivity contribution in [3.63, 3.8) is 0 Å². The molecule has 5 heteroatoms. The Bertz CT molecular complexity index is 476. The SMILES string of the molecule is CON(C)C(=O)CCCC(=O)N(C)CC(C)c1ccccc1. The second-order valence-corrected chi connectivity index (χ2v) is 5.51. The summed E-state index contributed by atoms with van der Waals surface area (Å²) in [6.45, 7) is 2.78. The van der Waals surface area contributed by atoms with E-state index in [1.54, 1.807) is 11.9 Å². The van der Waals surface area contributed by atoms with Crippen molar-refractivity contribution in [1.82, 2.24) is 9.96 Å². The lowest BCUT2D eigenvalue weighted by Gasteiger charge is -2.22. The van der Waals surface area contributed by atoms with Gasteiger partial charge >= 0.3 is 0 Å². The van der Waals surface area contributed by atoms with Gasteiger partial charge < -0.3 is 4.90 Å². The predicted molar refractivity (Wildman–Crippen MR) is 86.1 cm³/mol. The fourth-order valence-electron chi connectivity index (χ4n) is 2.24. The van der Waals surface area contributed by atoms with E-state index in [9.17, 15) is 9.59 Å². The molecule has 122 valence electrons. The first-order valence-corrected chi connectivity index (χ1v) is 7.55. The highest BCUT2D eigenvalue weighted by molar-refractivity contribution is 5.78. The van der Waals surface area contributed by atoms with Crippen molar-refractivity contribution in [2.24, 2.45) is 0 Å². The van der Waals surface area contributed by atoms with Gasteiger partial charge in [0.15, 0.2) is 0 Å². The minimum atomic E-state index is -0.115. The second-order valence-electron chi connectivity index (χ2n) is 5.51. The van der Waals surface area contributed by atoms with Gasteiger partial charge in [-0.15, -0.1) is 0 Å². The van der Waals surface area contributed by atoms with E-state index in [-0.39, 0.29) is 17.7 Å². The molecular formula is C17H26N2O3. The summed E-state index contributed by atoms with van der Waals surface area (Å²) in [6, 6.07) is 10.1. The summed E-state index contributed by atoms with van der Waals surface area (Å²) < 4.78 is 0. The summed E-state index contributed by atoms with van der Waals surface area (Å²) in [7, 11) is 4.82. The van der Waals surface area contributed by atoms with E-state index in [1.807, 2.05) is 25.2 Å². The highest BCUT2D eigenvalue weighted by Gasteiger charge is 2.15. The molecule has 0 aromatic heterocycles. The monoisotopic (exact) mass is 306 g/mol. The number of likely N-dealkylation sites (N-methyl/N-ethyl adjacent to an activating group) is 1. The van der Waals surface area contributed by atoms with E-state index in [0.29, 0.717) is 25.8 Å². The van der Waals surface area contributed by atoms with E-state index in [1.165, 1.54) is 17.7 Å². The van der Waals surface area contributed by atoms with Gasteiger partial charge in [-0.05, 0) is 17.9 Å². The molecule has 0 aliphatic heterocycles. The zero-order valence-corrected chi connectivity index (χ0v) is 13.9. The van der Waals surface area contributed by atoms with Crippen LogP contribution in [0.3, 0.4) is 0 Å². The van der Waals surface area contributed by atoms with Crippen LogP contribution < -0.4 is 0 Å². The lowest BCUT2D eigenvalue weighted by molar-refractivity contribution is -0.168. The largest absolute Gasteiger partial charge is 0.345 e. The highest BCUT2D eigenvalue weighted by Crippen LogP contribution is 2.16. The minimum absolute atomic E-state index is 0.0654. The van der Waals surface area contributed by atoms with Gasteiger partial charge in [0.25, 0.3) is 0 Å². The zero-order valence-electron chi connectivity index (χ0n) is 13.9. The number of carbonyl (C=O) groups is 2. The molecule has 0 saturated heterocycles. The summed E-state index contributed by atoms with van der Waals surface area (Å²) in [6.07, 6.45) is 1.23. The molecule has 1 rings (SSSR count). The summed E-state index contributed by atoms with van der Waals surface area (Å²) in [5.74, 6) is 0.239. The Morgan fingerprint density at radius 1 is 1.09 bits per heavy atom. The summed E-state index contributed by atoms with van der Waals surface area (Å²) in [5, 5.41) is 1.19.